The summed E-state index contributed by atoms with van der Waals surface area (Å²) in [5, 5.41) is 0. The van der Waals surface area contributed by atoms with Crippen LogP contribution >= 0.6 is 7.60 Å². The molecule has 0 aliphatic carbocycles. The summed E-state index contributed by atoms with van der Waals surface area (Å²) in [6.45, 7) is 5.27. The van der Waals surface area contributed by atoms with E-state index in [9.17, 15) is 14.2 Å². The molecule has 0 fully saturated rings. The largest absolute Gasteiger partial charge is 0.469 e. The molecule has 22 heavy (non-hydrogen) atoms. The van der Waals surface area contributed by atoms with Crippen molar-refractivity contribution in [1.29, 1.82) is 0 Å². The maximum absolute atomic E-state index is 12.6. The lowest BCUT2D eigenvalue weighted by atomic mass is 10.2. The van der Waals surface area contributed by atoms with Gasteiger partial charge in [-0.05, 0) is 40.0 Å². The van der Waals surface area contributed by atoms with E-state index in [1.54, 1.807) is 19.9 Å². The van der Waals surface area contributed by atoms with Gasteiger partial charge in [0.05, 0.1) is 20.3 Å². The highest BCUT2D eigenvalue weighted by atomic mass is 31.2. The summed E-state index contributed by atoms with van der Waals surface area (Å²) < 4.78 is 27.7. The molecule has 0 radical (unpaired) electrons. The molecule has 0 aromatic heterocycles. The predicted molar refractivity (Wildman–Crippen MR) is 85.0 cm³/mol. The number of ether oxygens (including phenoxy) is 1. The molecule has 1 atom stereocenters. The van der Waals surface area contributed by atoms with Gasteiger partial charge in [0.25, 0.3) is 0 Å². The molecule has 0 aromatic carbocycles. The van der Waals surface area contributed by atoms with E-state index < -0.39 is 13.3 Å². The second-order valence-electron chi connectivity index (χ2n) is 4.68. The Labute approximate surface area is 132 Å². The van der Waals surface area contributed by atoms with E-state index in [1.807, 2.05) is 6.08 Å². The topological polar surface area (TPSA) is 78.9 Å². The summed E-state index contributed by atoms with van der Waals surface area (Å²) in [4.78, 5) is 22.7. The number of esters is 1. The average molecular weight is 334 g/mol. The van der Waals surface area contributed by atoms with Gasteiger partial charge >= 0.3 is 13.6 Å². The average Bonchev–Trinajstić information content (AvgIpc) is 2.45. The Kier molecular flexibility index (Phi) is 11.1. The lowest BCUT2D eigenvalue weighted by Gasteiger charge is -2.23. The van der Waals surface area contributed by atoms with Gasteiger partial charge in [0, 0.05) is 6.42 Å². The van der Waals surface area contributed by atoms with E-state index in [0.717, 1.165) is 0 Å². The van der Waals surface area contributed by atoms with Crippen LogP contribution in [-0.4, -0.2) is 37.7 Å². The summed E-state index contributed by atoms with van der Waals surface area (Å²) in [7, 11) is -2.08. The van der Waals surface area contributed by atoms with Crippen molar-refractivity contribution in [3.05, 3.63) is 12.2 Å². The van der Waals surface area contributed by atoms with E-state index in [1.165, 1.54) is 14.0 Å². The monoisotopic (exact) mass is 334 g/mol. The Morgan fingerprint density at radius 3 is 2.18 bits per heavy atom. The highest BCUT2D eigenvalue weighted by molar-refractivity contribution is 7.55. The van der Waals surface area contributed by atoms with Crippen LogP contribution in [0.2, 0.25) is 0 Å². The number of carbonyl (C=O) groups is 2. The van der Waals surface area contributed by atoms with Crippen LogP contribution in [0.1, 0.15) is 46.5 Å². The van der Waals surface area contributed by atoms with Gasteiger partial charge in [-0.25, -0.2) is 0 Å². The number of ketones is 1. The third-order valence-electron chi connectivity index (χ3n) is 2.97. The minimum absolute atomic E-state index is 0.218. The highest BCUT2D eigenvalue weighted by Crippen LogP contribution is 2.54. The Morgan fingerprint density at radius 2 is 1.73 bits per heavy atom. The summed E-state index contributed by atoms with van der Waals surface area (Å²) in [5.41, 5.74) is -0.788. The van der Waals surface area contributed by atoms with Crippen molar-refractivity contribution in [2.75, 3.05) is 20.3 Å². The molecule has 0 N–H and O–H groups in total. The third kappa shape index (κ3) is 7.87. The zero-order valence-corrected chi connectivity index (χ0v) is 14.8. The van der Waals surface area contributed by atoms with E-state index in [0.29, 0.717) is 25.7 Å². The van der Waals surface area contributed by atoms with E-state index in [4.69, 9.17) is 9.05 Å². The minimum Gasteiger partial charge on any atom is -0.469 e. The van der Waals surface area contributed by atoms with Gasteiger partial charge in [-0.3, -0.25) is 14.2 Å². The quantitative estimate of drug-likeness (QED) is 0.235. The SMILES string of the molecule is CCOP(=O)(OCC)[C@@H](C/C=C\CCCC(=O)OC)C(C)=O. The summed E-state index contributed by atoms with van der Waals surface area (Å²) >= 11 is 0. The molecule has 0 rings (SSSR count). The first-order valence-corrected chi connectivity index (χ1v) is 9.13. The van der Waals surface area contributed by atoms with Gasteiger partial charge in [0.1, 0.15) is 11.4 Å². The summed E-state index contributed by atoms with van der Waals surface area (Å²) in [5.74, 6) is -0.461. The van der Waals surface area contributed by atoms with Crippen LogP contribution in [0.25, 0.3) is 0 Å². The summed E-state index contributed by atoms with van der Waals surface area (Å²) in [6, 6.07) is 0. The highest BCUT2D eigenvalue weighted by Gasteiger charge is 2.37. The zero-order valence-electron chi connectivity index (χ0n) is 13.9. The van der Waals surface area contributed by atoms with Crippen LogP contribution in [0.15, 0.2) is 12.2 Å². The van der Waals surface area contributed by atoms with Crippen molar-refractivity contribution in [2.45, 2.75) is 52.1 Å². The molecule has 6 nitrogen and oxygen atoms in total. The Balaban J connectivity index is 4.54. The number of unbranched alkanes of at least 4 members (excludes halogenated alkanes) is 1. The van der Waals surface area contributed by atoms with E-state index >= 15 is 0 Å². The fraction of sp³-hybridized carbons (Fsp3) is 0.733. The molecular weight excluding hydrogens is 307 g/mol. The van der Waals surface area contributed by atoms with E-state index in [-0.39, 0.29) is 25.0 Å². The van der Waals surface area contributed by atoms with Crippen molar-refractivity contribution in [2.24, 2.45) is 0 Å². The molecule has 0 amide bonds. The second-order valence-corrected chi connectivity index (χ2v) is 6.90. The van der Waals surface area contributed by atoms with Crippen LogP contribution in [0.3, 0.4) is 0 Å². The number of rotatable bonds is 12. The molecule has 0 unspecified atom stereocenters. The molecule has 7 heteroatoms. The van der Waals surface area contributed by atoms with Crippen molar-refractivity contribution >= 4 is 19.3 Å². The normalized spacial score (nSPS) is 13.3. The molecule has 0 saturated heterocycles. The van der Waals surface area contributed by atoms with Crippen molar-refractivity contribution in [3.63, 3.8) is 0 Å². The Morgan fingerprint density at radius 1 is 1.14 bits per heavy atom. The molecule has 0 bridgehead atoms. The molecule has 0 aliphatic rings. The maximum atomic E-state index is 12.6. The molecule has 128 valence electrons. The number of Topliss-reactive ketones (excluding diaryl/α,β-unsaturated/α-hetero) is 1. The Bertz CT molecular complexity index is 408. The predicted octanol–water partition coefficient (Wildman–Crippen LogP) is 3.50. The molecule has 0 heterocycles. The van der Waals surface area contributed by atoms with Gasteiger partial charge in [0.2, 0.25) is 0 Å². The van der Waals surface area contributed by atoms with Gasteiger partial charge in [-0.2, -0.15) is 0 Å². The lowest BCUT2D eigenvalue weighted by Crippen LogP contribution is -2.20. The zero-order chi connectivity index (χ0) is 17.0. The first kappa shape index (κ1) is 21.0. The first-order valence-electron chi connectivity index (χ1n) is 7.52. The maximum Gasteiger partial charge on any atom is 0.341 e. The minimum atomic E-state index is -3.44. The van der Waals surface area contributed by atoms with Gasteiger partial charge in [0.15, 0.2) is 0 Å². The second kappa shape index (κ2) is 11.6. The first-order chi connectivity index (χ1) is 10.4. The smallest absolute Gasteiger partial charge is 0.341 e. The lowest BCUT2D eigenvalue weighted by molar-refractivity contribution is -0.140. The van der Waals surface area contributed by atoms with Crippen molar-refractivity contribution in [3.8, 4) is 0 Å². The number of hydrogen-bond donors (Lipinski definition) is 0. The van der Waals surface area contributed by atoms with Crippen LogP contribution in [-0.2, 0) is 27.9 Å². The van der Waals surface area contributed by atoms with E-state index in [2.05, 4.69) is 4.74 Å². The summed E-state index contributed by atoms with van der Waals surface area (Å²) in [6.07, 6.45) is 5.66. The molecule has 0 aromatic rings. The fourth-order valence-corrected chi connectivity index (χ4v) is 3.88. The number of allylic oxidation sites excluding steroid dienone is 2. The number of methoxy groups -OCH3 is 1. The van der Waals surface area contributed by atoms with Crippen LogP contribution < -0.4 is 0 Å². The fourth-order valence-electron chi connectivity index (χ4n) is 1.90. The van der Waals surface area contributed by atoms with Crippen LogP contribution in [0.4, 0.5) is 0 Å². The number of hydrogen-bond acceptors (Lipinski definition) is 6. The van der Waals surface area contributed by atoms with Crippen LogP contribution in [0.5, 0.6) is 0 Å². The number of carbonyl (C=O) groups excluding carboxylic acids is 2. The van der Waals surface area contributed by atoms with Crippen LogP contribution in [0, 0.1) is 0 Å². The van der Waals surface area contributed by atoms with Gasteiger partial charge < -0.3 is 13.8 Å². The van der Waals surface area contributed by atoms with Crippen molar-refractivity contribution in [1.82, 2.24) is 0 Å². The molecular formula is C15H27O6P. The van der Waals surface area contributed by atoms with Crippen molar-refractivity contribution < 1.29 is 27.9 Å². The van der Waals surface area contributed by atoms with Gasteiger partial charge in [-0.1, -0.05) is 12.2 Å². The van der Waals surface area contributed by atoms with Gasteiger partial charge in [-0.15, -0.1) is 0 Å². The molecule has 0 saturated carbocycles. The molecule has 0 aliphatic heterocycles. The third-order valence-corrected chi connectivity index (χ3v) is 5.55. The molecule has 0 spiro atoms. The Hall–Kier alpha value is -0.970. The standard InChI is InChI=1S/C15H27O6P/c1-5-20-22(18,21-6-2)14(13(3)16)11-9-7-8-10-12-15(17)19-4/h7,9,14H,5-6,8,10-12H2,1-4H3/b9-7-/t14-/m0/s1.